The van der Waals surface area contributed by atoms with Gasteiger partial charge in [0, 0.05) is 18.5 Å². The molecule has 3 nitrogen and oxygen atoms in total. The number of rotatable bonds is 2. The van der Waals surface area contributed by atoms with Crippen molar-refractivity contribution in [3.8, 4) is 0 Å². The quantitative estimate of drug-likeness (QED) is 0.666. The number of nitrogens with zero attached hydrogens (tertiary/aromatic N) is 2. The summed E-state index contributed by atoms with van der Waals surface area (Å²) in [6.45, 7) is 0.989. The van der Waals surface area contributed by atoms with E-state index in [2.05, 4.69) is 9.88 Å². The van der Waals surface area contributed by atoms with Crippen LogP contribution >= 0.6 is 11.8 Å². The van der Waals surface area contributed by atoms with Crippen molar-refractivity contribution in [2.24, 2.45) is 0 Å². The molecule has 13 heavy (non-hydrogen) atoms. The topological polar surface area (TPSA) is 33.2 Å². The minimum absolute atomic E-state index is 0.685. The van der Waals surface area contributed by atoms with Gasteiger partial charge in [0.15, 0.2) is 6.29 Å². The molecule has 4 heteroatoms. The van der Waals surface area contributed by atoms with E-state index < -0.39 is 0 Å². The number of aldehydes is 1. The molecule has 0 radical (unpaired) electrons. The van der Waals surface area contributed by atoms with Crippen molar-refractivity contribution in [2.75, 3.05) is 23.1 Å². The fraction of sp³-hybridized carbons (Fsp3) is 0.333. The highest BCUT2D eigenvalue weighted by molar-refractivity contribution is 7.99. The van der Waals surface area contributed by atoms with Crippen molar-refractivity contribution in [3.05, 3.63) is 23.9 Å². The number of thioether (sulfide) groups is 1. The van der Waals surface area contributed by atoms with Crippen LogP contribution in [0.5, 0.6) is 0 Å². The third-order valence-electron chi connectivity index (χ3n) is 2.00. The van der Waals surface area contributed by atoms with E-state index in [1.807, 2.05) is 11.8 Å². The number of carbonyl (C=O) groups excluding carboxylic acids is 1. The maximum Gasteiger partial charge on any atom is 0.153 e. The van der Waals surface area contributed by atoms with Gasteiger partial charge >= 0.3 is 0 Å². The SMILES string of the molecule is O=Cc1cccnc1N1CCSC1. The molecular weight excluding hydrogens is 184 g/mol. The Labute approximate surface area is 81.1 Å². The van der Waals surface area contributed by atoms with E-state index in [1.54, 1.807) is 18.3 Å². The fourth-order valence-electron chi connectivity index (χ4n) is 1.35. The van der Waals surface area contributed by atoms with Crippen molar-refractivity contribution in [2.45, 2.75) is 0 Å². The Hall–Kier alpha value is -1.03. The molecule has 2 heterocycles. The van der Waals surface area contributed by atoms with Crippen molar-refractivity contribution in [3.63, 3.8) is 0 Å². The van der Waals surface area contributed by atoms with Crippen LogP contribution in [0.1, 0.15) is 10.4 Å². The normalized spacial score (nSPS) is 16.2. The minimum Gasteiger partial charge on any atom is -0.346 e. The Kier molecular flexibility index (Phi) is 2.49. The average molecular weight is 194 g/mol. The lowest BCUT2D eigenvalue weighted by Gasteiger charge is -2.16. The van der Waals surface area contributed by atoms with E-state index in [1.165, 1.54) is 0 Å². The van der Waals surface area contributed by atoms with E-state index >= 15 is 0 Å². The maximum absolute atomic E-state index is 10.7. The molecule has 0 saturated carbocycles. The Morgan fingerprint density at radius 2 is 2.54 bits per heavy atom. The summed E-state index contributed by atoms with van der Waals surface area (Å²) < 4.78 is 0. The zero-order valence-electron chi connectivity index (χ0n) is 7.14. The molecule has 2 rings (SSSR count). The third-order valence-corrected chi connectivity index (χ3v) is 2.96. The molecule has 0 N–H and O–H groups in total. The molecule has 0 bridgehead atoms. The van der Waals surface area contributed by atoms with Gasteiger partial charge in [0.25, 0.3) is 0 Å². The van der Waals surface area contributed by atoms with Gasteiger partial charge in [-0.25, -0.2) is 4.98 Å². The molecule has 0 aromatic carbocycles. The first-order valence-corrected chi connectivity index (χ1v) is 5.30. The van der Waals surface area contributed by atoms with Crippen LogP contribution < -0.4 is 4.90 Å². The van der Waals surface area contributed by atoms with Gasteiger partial charge in [-0.1, -0.05) is 0 Å². The van der Waals surface area contributed by atoms with Crippen molar-refractivity contribution >= 4 is 23.9 Å². The van der Waals surface area contributed by atoms with E-state index in [9.17, 15) is 4.79 Å². The maximum atomic E-state index is 10.7. The van der Waals surface area contributed by atoms with Crippen molar-refractivity contribution < 1.29 is 4.79 Å². The minimum atomic E-state index is 0.685. The Morgan fingerprint density at radius 1 is 1.62 bits per heavy atom. The molecule has 1 aliphatic rings. The molecule has 1 fully saturated rings. The van der Waals surface area contributed by atoms with E-state index in [4.69, 9.17) is 0 Å². The number of hydrogen-bond donors (Lipinski definition) is 0. The van der Waals surface area contributed by atoms with E-state index in [0.29, 0.717) is 5.56 Å². The first-order chi connectivity index (χ1) is 6.42. The molecule has 1 saturated heterocycles. The predicted molar refractivity (Wildman–Crippen MR) is 54.3 cm³/mol. The second kappa shape index (κ2) is 3.79. The first-order valence-electron chi connectivity index (χ1n) is 4.14. The summed E-state index contributed by atoms with van der Waals surface area (Å²) in [7, 11) is 0. The van der Waals surface area contributed by atoms with Crippen LogP contribution in [0.3, 0.4) is 0 Å². The highest BCUT2D eigenvalue weighted by Crippen LogP contribution is 2.22. The lowest BCUT2D eigenvalue weighted by Crippen LogP contribution is -2.20. The van der Waals surface area contributed by atoms with Gasteiger partial charge in [0.2, 0.25) is 0 Å². The zero-order chi connectivity index (χ0) is 9.10. The van der Waals surface area contributed by atoms with Crippen LogP contribution in [0.15, 0.2) is 18.3 Å². The molecule has 1 aromatic rings. The highest BCUT2D eigenvalue weighted by Gasteiger charge is 2.16. The number of anilines is 1. The summed E-state index contributed by atoms with van der Waals surface area (Å²) >= 11 is 1.87. The summed E-state index contributed by atoms with van der Waals surface area (Å²) in [5.74, 6) is 2.88. The summed E-state index contributed by atoms with van der Waals surface area (Å²) in [4.78, 5) is 17.1. The van der Waals surface area contributed by atoms with Crippen LogP contribution in [0.2, 0.25) is 0 Å². The first kappa shape index (κ1) is 8.56. The molecule has 0 unspecified atom stereocenters. The molecule has 0 amide bonds. The van der Waals surface area contributed by atoms with Gasteiger partial charge < -0.3 is 4.90 Å². The summed E-state index contributed by atoms with van der Waals surface area (Å²) in [6, 6.07) is 3.59. The van der Waals surface area contributed by atoms with Gasteiger partial charge in [-0.3, -0.25) is 4.79 Å². The van der Waals surface area contributed by atoms with Gasteiger partial charge in [-0.2, -0.15) is 0 Å². The van der Waals surface area contributed by atoms with Gasteiger partial charge in [0.1, 0.15) is 5.82 Å². The largest absolute Gasteiger partial charge is 0.346 e. The van der Waals surface area contributed by atoms with Crippen LogP contribution in [-0.4, -0.2) is 29.4 Å². The summed E-state index contributed by atoms with van der Waals surface area (Å²) in [6.07, 6.45) is 2.59. The second-order valence-electron chi connectivity index (χ2n) is 2.83. The number of carbonyl (C=O) groups is 1. The molecule has 0 atom stereocenters. The number of aromatic nitrogens is 1. The lowest BCUT2D eigenvalue weighted by molar-refractivity contribution is 0.112. The molecule has 0 aliphatic carbocycles. The molecule has 0 spiro atoms. The van der Waals surface area contributed by atoms with Crippen molar-refractivity contribution in [1.82, 2.24) is 4.98 Å². The van der Waals surface area contributed by atoms with Crippen LogP contribution in [0.25, 0.3) is 0 Å². The van der Waals surface area contributed by atoms with E-state index in [-0.39, 0.29) is 0 Å². The van der Waals surface area contributed by atoms with Crippen LogP contribution in [0, 0.1) is 0 Å². The third kappa shape index (κ3) is 1.67. The molecular formula is C9H10N2OS. The van der Waals surface area contributed by atoms with Crippen LogP contribution in [0.4, 0.5) is 5.82 Å². The van der Waals surface area contributed by atoms with Gasteiger partial charge in [-0.05, 0) is 12.1 Å². The predicted octanol–water partition coefficient (Wildman–Crippen LogP) is 1.40. The Morgan fingerprint density at radius 3 is 3.23 bits per heavy atom. The zero-order valence-corrected chi connectivity index (χ0v) is 7.96. The average Bonchev–Trinajstić information content (AvgIpc) is 2.70. The highest BCUT2D eigenvalue weighted by atomic mass is 32.2. The lowest BCUT2D eigenvalue weighted by atomic mass is 10.2. The summed E-state index contributed by atoms with van der Waals surface area (Å²) in [5.41, 5.74) is 0.685. The Balaban J connectivity index is 2.31. The van der Waals surface area contributed by atoms with Gasteiger partial charge in [-0.15, -0.1) is 11.8 Å². The standard InChI is InChI=1S/C9H10N2OS/c12-6-8-2-1-3-10-9(8)11-4-5-13-7-11/h1-3,6H,4-5,7H2. The Bertz CT molecular complexity index is 310. The summed E-state index contributed by atoms with van der Waals surface area (Å²) in [5, 5.41) is 0. The van der Waals surface area contributed by atoms with E-state index in [0.717, 1.165) is 30.3 Å². The van der Waals surface area contributed by atoms with Crippen LogP contribution in [-0.2, 0) is 0 Å². The monoisotopic (exact) mass is 194 g/mol. The number of pyridine rings is 1. The second-order valence-corrected chi connectivity index (χ2v) is 3.91. The van der Waals surface area contributed by atoms with Gasteiger partial charge in [0.05, 0.1) is 11.4 Å². The molecule has 68 valence electrons. The molecule has 1 aromatic heterocycles. The fourth-order valence-corrected chi connectivity index (χ4v) is 2.30. The smallest absolute Gasteiger partial charge is 0.153 e. The van der Waals surface area contributed by atoms with Crippen molar-refractivity contribution in [1.29, 1.82) is 0 Å². The number of hydrogen-bond acceptors (Lipinski definition) is 4. The molecule has 1 aliphatic heterocycles.